The summed E-state index contributed by atoms with van der Waals surface area (Å²) in [6.45, 7) is 8.79. The Balaban J connectivity index is 2.24. The van der Waals surface area contributed by atoms with Crippen LogP contribution in [0.5, 0.6) is 0 Å². The summed E-state index contributed by atoms with van der Waals surface area (Å²) in [7, 11) is 0. The molecule has 1 aromatic heterocycles. The maximum Gasteiger partial charge on any atom is 0.186 e. The maximum atomic E-state index is 5.79. The number of anilines is 1. The van der Waals surface area contributed by atoms with Crippen LogP contribution < -0.4 is 10.6 Å². The van der Waals surface area contributed by atoms with Crippen LogP contribution in [-0.2, 0) is 17.7 Å². The highest BCUT2D eigenvalue weighted by Crippen LogP contribution is 2.30. The van der Waals surface area contributed by atoms with Gasteiger partial charge in [0.25, 0.3) is 0 Å². The Morgan fingerprint density at radius 3 is 2.83 bits per heavy atom. The molecule has 1 aliphatic heterocycles. The van der Waals surface area contributed by atoms with E-state index in [0.29, 0.717) is 12.6 Å². The van der Waals surface area contributed by atoms with Crippen molar-refractivity contribution in [3.8, 4) is 0 Å². The van der Waals surface area contributed by atoms with Gasteiger partial charge in [-0.05, 0) is 19.8 Å². The van der Waals surface area contributed by atoms with E-state index in [4.69, 9.17) is 15.5 Å². The van der Waals surface area contributed by atoms with Gasteiger partial charge in [-0.25, -0.2) is 4.98 Å². The number of hydrogen-bond acceptors (Lipinski definition) is 5. The van der Waals surface area contributed by atoms with Crippen molar-refractivity contribution < 1.29 is 4.74 Å². The summed E-state index contributed by atoms with van der Waals surface area (Å²) >= 11 is 1.75. The highest BCUT2D eigenvalue weighted by atomic mass is 32.1. The molecule has 18 heavy (non-hydrogen) atoms. The van der Waals surface area contributed by atoms with Crippen LogP contribution in [0.15, 0.2) is 0 Å². The van der Waals surface area contributed by atoms with Crippen LogP contribution in [0.4, 0.5) is 5.13 Å². The quantitative estimate of drug-likeness (QED) is 0.910. The number of aromatic nitrogens is 1. The van der Waals surface area contributed by atoms with E-state index < -0.39 is 0 Å². The van der Waals surface area contributed by atoms with Gasteiger partial charge < -0.3 is 15.4 Å². The summed E-state index contributed by atoms with van der Waals surface area (Å²) in [5.74, 6) is 0. The average molecular weight is 269 g/mol. The lowest BCUT2D eigenvalue weighted by atomic mass is 10.1. The average Bonchev–Trinajstić information content (AvgIpc) is 2.81. The van der Waals surface area contributed by atoms with Gasteiger partial charge in [0.2, 0.25) is 0 Å². The summed E-state index contributed by atoms with van der Waals surface area (Å²) < 4.78 is 5.73. The predicted molar refractivity (Wildman–Crippen MR) is 76.2 cm³/mol. The minimum atomic E-state index is 0.281. The normalized spacial score (nSPS) is 24.6. The Kier molecular flexibility index (Phi) is 4.59. The zero-order valence-electron chi connectivity index (χ0n) is 11.5. The molecule has 0 aromatic carbocycles. The van der Waals surface area contributed by atoms with Gasteiger partial charge in [-0.2, -0.15) is 0 Å². The molecule has 102 valence electrons. The van der Waals surface area contributed by atoms with E-state index in [-0.39, 0.29) is 6.10 Å². The second-order valence-electron chi connectivity index (χ2n) is 4.78. The lowest BCUT2D eigenvalue weighted by Crippen LogP contribution is -2.48. The van der Waals surface area contributed by atoms with Crippen molar-refractivity contribution in [1.82, 2.24) is 4.98 Å². The van der Waals surface area contributed by atoms with E-state index in [0.717, 1.165) is 36.8 Å². The summed E-state index contributed by atoms with van der Waals surface area (Å²) in [6.07, 6.45) is 2.33. The Bertz CT molecular complexity index is 372. The molecule has 2 unspecified atom stereocenters. The molecule has 1 saturated heterocycles. The number of nitrogens with zero attached hydrogens (tertiary/aromatic N) is 2. The van der Waals surface area contributed by atoms with E-state index in [2.05, 4.69) is 25.7 Å². The SMILES string of the molecule is CCc1nc(N2CC(C)OCC2CC)sc1CN. The van der Waals surface area contributed by atoms with Crippen molar-refractivity contribution in [2.75, 3.05) is 18.1 Å². The van der Waals surface area contributed by atoms with Crippen molar-refractivity contribution in [3.63, 3.8) is 0 Å². The van der Waals surface area contributed by atoms with Crippen LogP contribution in [0.3, 0.4) is 0 Å². The smallest absolute Gasteiger partial charge is 0.186 e. The first-order chi connectivity index (χ1) is 8.69. The van der Waals surface area contributed by atoms with Gasteiger partial charge in [0.05, 0.1) is 24.4 Å². The lowest BCUT2D eigenvalue weighted by Gasteiger charge is -2.38. The molecular formula is C13H23N3OS. The van der Waals surface area contributed by atoms with Crippen LogP contribution in [0, 0.1) is 0 Å². The third-order valence-electron chi connectivity index (χ3n) is 3.47. The molecule has 5 heteroatoms. The molecule has 1 aliphatic rings. The fourth-order valence-electron chi connectivity index (χ4n) is 2.34. The first kappa shape index (κ1) is 13.8. The molecule has 0 spiro atoms. The number of nitrogens with two attached hydrogens (primary N) is 1. The fourth-order valence-corrected chi connectivity index (χ4v) is 3.45. The number of aryl methyl sites for hydroxylation is 1. The van der Waals surface area contributed by atoms with Crippen molar-refractivity contribution >= 4 is 16.5 Å². The first-order valence-corrected chi connectivity index (χ1v) is 7.58. The van der Waals surface area contributed by atoms with E-state index in [1.165, 1.54) is 4.88 Å². The second-order valence-corrected chi connectivity index (χ2v) is 5.84. The topological polar surface area (TPSA) is 51.4 Å². The summed E-state index contributed by atoms with van der Waals surface area (Å²) in [6, 6.07) is 0.447. The van der Waals surface area contributed by atoms with E-state index >= 15 is 0 Å². The number of hydrogen-bond donors (Lipinski definition) is 1. The minimum Gasteiger partial charge on any atom is -0.375 e. The third-order valence-corrected chi connectivity index (χ3v) is 4.63. The Morgan fingerprint density at radius 1 is 1.50 bits per heavy atom. The van der Waals surface area contributed by atoms with Crippen LogP contribution in [-0.4, -0.2) is 30.3 Å². The van der Waals surface area contributed by atoms with Crippen LogP contribution in [0.2, 0.25) is 0 Å². The van der Waals surface area contributed by atoms with Crippen molar-refractivity contribution in [2.45, 2.75) is 52.3 Å². The van der Waals surface area contributed by atoms with E-state index in [1.807, 2.05) is 0 Å². The predicted octanol–water partition coefficient (Wildman–Crippen LogP) is 2.17. The molecule has 2 rings (SSSR count). The molecule has 0 bridgehead atoms. The van der Waals surface area contributed by atoms with Crippen LogP contribution in [0.1, 0.15) is 37.8 Å². The van der Waals surface area contributed by atoms with Gasteiger partial charge >= 0.3 is 0 Å². The summed E-state index contributed by atoms with van der Waals surface area (Å²) in [5.41, 5.74) is 6.95. The monoisotopic (exact) mass is 269 g/mol. The number of rotatable bonds is 4. The molecule has 1 aromatic rings. The van der Waals surface area contributed by atoms with Gasteiger partial charge in [-0.3, -0.25) is 0 Å². The summed E-state index contributed by atoms with van der Waals surface area (Å²) in [5, 5.41) is 1.12. The molecule has 2 N–H and O–H groups in total. The Morgan fingerprint density at radius 2 is 2.28 bits per heavy atom. The molecule has 0 radical (unpaired) electrons. The highest BCUT2D eigenvalue weighted by Gasteiger charge is 2.28. The van der Waals surface area contributed by atoms with Crippen LogP contribution >= 0.6 is 11.3 Å². The number of thiazole rings is 1. The fraction of sp³-hybridized carbons (Fsp3) is 0.769. The van der Waals surface area contributed by atoms with E-state index in [1.54, 1.807) is 11.3 Å². The Labute approximate surface area is 113 Å². The van der Waals surface area contributed by atoms with Gasteiger partial charge in [0.15, 0.2) is 5.13 Å². The van der Waals surface area contributed by atoms with Crippen LogP contribution in [0.25, 0.3) is 0 Å². The molecule has 2 heterocycles. The molecular weight excluding hydrogens is 246 g/mol. The lowest BCUT2D eigenvalue weighted by molar-refractivity contribution is 0.0299. The van der Waals surface area contributed by atoms with Gasteiger partial charge in [0.1, 0.15) is 0 Å². The van der Waals surface area contributed by atoms with Gasteiger partial charge in [-0.1, -0.05) is 13.8 Å². The van der Waals surface area contributed by atoms with Gasteiger partial charge in [0, 0.05) is 18.0 Å². The first-order valence-electron chi connectivity index (χ1n) is 6.76. The Hall–Kier alpha value is -0.650. The highest BCUT2D eigenvalue weighted by molar-refractivity contribution is 7.15. The third kappa shape index (κ3) is 2.68. The summed E-state index contributed by atoms with van der Waals surface area (Å²) in [4.78, 5) is 8.39. The minimum absolute atomic E-state index is 0.281. The molecule has 4 nitrogen and oxygen atoms in total. The zero-order chi connectivity index (χ0) is 13.1. The van der Waals surface area contributed by atoms with Crippen molar-refractivity contribution in [1.29, 1.82) is 0 Å². The zero-order valence-corrected chi connectivity index (χ0v) is 12.3. The number of ether oxygens (including phenoxy) is 1. The molecule has 0 amide bonds. The molecule has 0 aliphatic carbocycles. The number of morpholine rings is 1. The molecule has 2 atom stereocenters. The van der Waals surface area contributed by atoms with E-state index in [9.17, 15) is 0 Å². The maximum absolute atomic E-state index is 5.79. The van der Waals surface area contributed by atoms with Gasteiger partial charge in [-0.15, -0.1) is 11.3 Å². The second kappa shape index (κ2) is 5.99. The molecule has 1 fully saturated rings. The largest absolute Gasteiger partial charge is 0.375 e. The van der Waals surface area contributed by atoms with Crippen molar-refractivity contribution in [3.05, 3.63) is 10.6 Å². The standard InChI is InChI=1S/C13H23N3OS/c1-4-10-8-17-9(3)7-16(10)13-15-11(5-2)12(6-14)18-13/h9-10H,4-8,14H2,1-3H3. The molecule has 0 saturated carbocycles. The van der Waals surface area contributed by atoms with Crippen molar-refractivity contribution in [2.24, 2.45) is 5.73 Å².